The second-order valence-corrected chi connectivity index (χ2v) is 8.05. The summed E-state index contributed by atoms with van der Waals surface area (Å²) >= 11 is 1.11. The predicted octanol–water partition coefficient (Wildman–Crippen LogP) is 3.04. The van der Waals surface area contributed by atoms with Crippen LogP contribution in [0, 0.1) is 12.7 Å². The van der Waals surface area contributed by atoms with Gasteiger partial charge >= 0.3 is 0 Å². The molecule has 0 saturated carbocycles. The summed E-state index contributed by atoms with van der Waals surface area (Å²) in [6.07, 6.45) is 0. The Morgan fingerprint density at radius 3 is 2.38 bits per heavy atom. The van der Waals surface area contributed by atoms with Gasteiger partial charge in [0, 0.05) is 5.69 Å². The fourth-order valence-electron chi connectivity index (χ4n) is 2.07. The molecule has 1 heterocycles. The van der Waals surface area contributed by atoms with E-state index in [0.717, 1.165) is 11.3 Å². The van der Waals surface area contributed by atoms with E-state index in [4.69, 9.17) is 0 Å². The van der Waals surface area contributed by atoms with E-state index in [9.17, 15) is 17.6 Å². The van der Waals surface area contributed by atoms with Gasteiger partial charge in [-0.15, -0.1) is 10.2 Å². The summed E-state index contributed by atoms with van der Waals surface area (Å²) in [4.78, 5) is 12.1. The van der Waals surface area contributed by atoms with Crippen molar-refractivity contribution >= 4 is 38.1 Å². The van der Waals surface area contributed by atoms with E-state index in [1.54, 1.807) is 13.0 Å². The quantitative estimate of drug-likeness (QED) is 0.695. The van der Waals surface area contributed by atoms with E-state index in [2.05, 4.69) is 20.2 Å². The Labute approximate surface area is 153 Å². The van der Waals surface area contributed by atoms with Crippen LogP contribution in [0.2, 0.25) is 0 Å². The van der Waals surface area contributed by atoms with Crippen molar-refractivity contribution < 1.29 is 17.6 Å². The number of nitrogens with one attached hydrogen (secondary N) is 2. The standard InChI is InChI=1S/C16H13FN4O3S2/c1-10-19-20-16(25-10)21-26(23,24)12-8-6-11(7-9-12)18-15(22)13-4-2-3-5-14(13)17/h2-9H,1H3,(H,18,22)(H,20,21). The second kappa shape index (κ2) is 7.18. The molecule has 2 N–H and O–H groups in total. The molecule has 0 aliphatic rings. The van der Waals surface area contributed by atoms with Crippen LogP contribution in [0.25, 0.3) is 0 Å². The van der Waals surface area contributed by atoms with E-state index >= 15 is 0 Å². The molecule has 0 fully saturated rings. The van der Waals surface area contributed by atoms with Crippen LogP contribution in [0.5, 0.6) is 0 Å². The highest BCUT2D eigenvalue weighted by molar-refractivity contribution is 7.93. The van der Waals surface area contributed by atoms with E-state index in [-0.39, 0.29) is 15.6 Å². The molecule has 1 aromatic heterocycles. The summed E-state index contributed by atoms with van der Waals surface area (Å²) < 4.78 is 40.5. The number of carbonyl (C=O) groups excluding carboxylic acids is 1. The molecule has 0 saturated heterocycles. The molecule has 0 aliphatic heterocycles. The lowest BCUT2D eigenvalue weighted by Gasteiger charge is -2.08. The van der Waals surface area contributed by atoms with E-state index in [1.807, 2.05) is 0 Å². The number of hydrogen-bond donors (Lipinski definition) is 2. The largest absolute Gasteiger partial charge is 0.322 e. The first kappa shape index (κ1) is 18.0. The third-order valence-corrected chi connectivity index (χ3v) is 5.53. The Kier molecular flexibility index (Phi) is 4.96. The molecule has 134 valence electrons. The lowest BCUT2D eigenvalue weighted by Crippen LogP contribution is -2.15. The summed E-state index contributed by atoms with van der Waals surface area (Å²) in [5.74, 6) is -1.26. The molecule has 2 aromatic carbocycles. The van der Waals surface area contributed by atoms with Crippen molar-refractivity contribution in [2.24, 2.45) is 0 Å². The number of benzene rings is 2. The van der Waals surface area contributed by atoms with Gasteiger partial charge < -0.3 is 5.32 Å². The third-order valence-electron chi connectivity index (χ3n) is 3.29. The van der Waals surface area contributed by atoms with Crippen molar-refractivity contribution in [1.82, 2.24) is 10.2 Å². The maximum atomic E-state index is 13.6. The molecule has 0 radical (unpaired) electrons. The number of amides is 1. The highest BCUT2D eigenvalue weighted by Crippen LogP contribution is 2.21. The first-order valence-corrected chi connectivity index (χ1v) is 9.64. The third kappa shape index (κ3) is 4.03. The van der Waals surface area contributed by atoms with Crippen molar-refractivity contribution in [3.63, 3.8) is 0 Å². The minimum atomic E-state index is -3.82. The molecule has 0 aliphatic carbocycles. The molecule has 3 rings (SSSR count). The first-order chi connectivity index (χ1) is 12.3. The van der Waals surface area contributed by atoms with Gasteiger partial charge in [0.15, 0.2) is 0 Å². The average Bonchev–Trinajstić information content (AvgIpc) is 3.00. The van der Waals surface area contributed by atoms with Gasteiger partial charge in [-0.2, -0.15) is 0 Å². The van der Waals surface area contributed by atoms with Gasteiger partial charge in [-0.1, -0.05) is 23.5 Å². The summed E-state index contributed by atoms with van der Waals surface area (Å²) in [6.45, 7) is 1.71. The molecule has 0 spiro atoms. The van der Waals surface area contributed by atoms with Crippen LogP contribution in [0.4, 0.5) is 15.2 Å². The van der Waals surface area contributed by atoms with Crippen LogP contribution in [0.3, 0.4) is 0 Å². The number of anilines is 2. The van der Waals surface area contributed by atoms with Crippen molar-refractivity contribution in [3.8, 4) is 0 Å². The van der Waals surface area contributed by atoms with E-state index in [1.165, 1.54) is 42.5 Å². The molecule has 26 heavy (non-hydrogen) atoms. The molecule has 0 unspecified atom stereocenters. The van der Waals surface area contributed by atoms with Gasteiger partial charge in [-0.3, -0.25) is 9.52 Å². The molecule has 0 atom stereocenters. The van der Waals surface area contributed by atoms with E-state index in [0.29, 0.717) is 10.7 Å². The number of halogens is 1. The Morgan fingerprint density at radius 2 is 1.77 bits per heavy atom. The lowest BCUT2D eigenvalue weighted by atomic mass is 10.2. The highest BCUT2D eigenvalue weighted by Gasteiger charge is 2.17. The molecule has 3 aromatic rings. The zero-order chi connectivity index (χ0) is 18.7. The minimum Gasteiger partial charge on any atom is -0.322 e. The van der Waals surface area contributed by atoms with Gasteiger partial charge in [0.1, 0.15) is 10.8 Å². The Hall–Kier alpha value is -2.85. The zero-order valence-corrected chi connectivity index (χ0v) is 15.1. The van der Waals surface area contributed by atoms with E-state index < -0.39 is 21.7 Å². The van der Waals surface area contributed by atoms with Crippen molar-refractivity contribution in [1.29, 1.82) is 0 Å². The maximum Gasteiger partial charge on any atom is 0.263 e. The molecule has 7 nitrogen and oxygen atoms in total. The Morgan fingerprint density at radius 1 is 1.08 bits per heavy atom. The molecule has 1 amide bonds. The van der Waals surface area contributed by atoms with Crippen LogP contribution in [0.15, 0.2) is 53.4 Å². The second-order valence-electron chi connectivity index (χ2n) is 5.19. The van der Waals surface area contributed by atoms with Crippen LogP contribution >= 0.6 is 11.3 Å². The van der Waals surface area contributed by atoms with Gasteiger partial charge in [-0.25, -0.2) is 12.8 Å². The summed E-state index contributed by atoms with van der Waals surface area (Å²) in [5.41, 5.74) is 0.237. The fourth-order valence-corrected chi connectivity index (χ4v) is 3.89. The summed E-state index contributed by atoms with van der Waals surface area (Å²) in [6, 6.07) is 11.1. The van der Waals surface area contributed by atoms with Crippen molar-refractivity contribution in [2.45, 2.75) is 11.8 Å². The topological polar surface area (TPSA) is 101 Å². The number of rotatable bonds is 5. The Balaban J connectivity index is 1.74. The van der Waals surface area contributed by atoms with Crippen LogP contribution in [-0.4, -0.2) is 24.5 Å². The molecular formula is C16H13FN4O3S2. The maximum absolute atomic E-state index is 13.6. The van der Waals surface area contributed by atoms with Crippen LogP contribution in [0.1, 0.15) is 15.4 Å². The number of nitrogens with zero attached hydrogens (tertiary/aromatic N) is 2. The summed E-state index contributed by atoms with van der Waals surface area (Å²) in [5, 5.41) is 10.8. The molecule has 10 heteroatoms. The first-order valence-electron chi connectivity index (χ1n) is 7.34. The van der Waals surface area contributed by atoms with Crippen molar-refractivity contribution in [2.75, 3.05) is 10.0 Å². The smallest absolute Gasteiger partial charge is 0.263 e. The SMILES string of the molecule is Cc1nnc(NS(=O)(=O)c2ccc(NC(=O)c3ccccc3F)cc2)s1. The van der Waals surface area contributed by atoms with Gasteiger partial charge in [0.2, 0.25) is 5.13 Å². The molecule has 0 bridgehead atoms. The monoisotopic (exact) mass is 392 g/mol. The number of sulfonamides is 1. The van der Waals surface area contributed by atoms with Gasteiger partial charge in [-0.05, 0) is 43.3 Å². The van der Waals surface area contributed by atoms with Crippen LogP contribution < -0.4 is 10.0 Å². The van der Waals surface area contributed by atoms with Crippen LogP contribution in [-0.2, 0) is 10.0 Å². The number of aryl methyl sites for hydroxylation is 1. The number of hydrogen-bond acceptors (Lipinski definition) is 6. The van der Waals surface area contributed by atoms with Gasteiger partial charge in [0.05, 0.1) is 10.5 Å². The lowest BCUT2D eigenvalue weighted by molar-refractivity contribution is 0.102. The highest BCUT2D eigenvalue weighted by atomic mass is 32.2. The normalized spacial score (nSPS) is 11.2. The fraction of sp³-hybridized carbons (Fsp3) is 0.0625. The van der Waals surface area contributed by atoms with Gasteiger partial charge in [0.25, 0.3) is 15.9 Å². The molecular weight excluding hydrogens is 379 g/mol. The zero-order valence-electron chi connectivity index (χ0n) is 13.4. The minimum absolute atomic E-state index is 0.00533. The van der Waals surface area contributed by atoms with Crippen molar-refractivity contribution in [3.05, 3.63) is 64.9 Å². The number of aromatic nitrogens is 2. The number of carbonyl (C=O) groups is 1. The summed E-state index contributed by atoms with van der Waals surface area (Å²) in [7, 11) is -3.82. The Bertz CT molecular complexity index is 1050. The average molecular weight is 392 g/mol. The predicted molar refractivity (Wildman–Crippen MR) is 96.2 cm³/mol.